The lowest BCUT2D eigenvalue weighted by Crippen LogP contribution is -2.53. The highest BCUT2D eigenvalue weighted by Gasteiger charge is 2.27. The maximum atomic E-state index is 12.1. The van der Waals surface area contributed by atoms with Gasteiger partial charge in [0.1, 0.15) is 0 Å². The molecule has 0 amide bonds. The summed E-state index contributed by atoms with van der Waals surface area (Å²) in [5, 5.41) is 28.3. The van der Waals surface area contributed by atoms with Gasteiger partial charge in [0.15, 0.2) is 0 Å². The SMILES string of the molecule is COC(=O)CN1CCN(CC(=O)O)CCN(CC(=O)O)CCN(CC(=O)O)C(Cc2ccccc2)C1. The molecule has 0 saturated carbocycles. The number of hydrogen-bond acceptors (Lipinski definition) is 9. The largest absolute Gasteiger partial charge is 0.480 e. The van der Waals surface area contributed by atoms with Crippen molar-refractivity contribution in [2.75, 3.05) is 79.1 Å². The van der Waals surface area contributed by atoms with Gasteiger partial charge in [0.25, 0.3) is 0 Å². The van der Waals surface area contributed by atoms with Crippen LogP contribution in [0.4, 0.5) is 0 Å². The number of esters is 1. The average molecular weight is 509 g/mol. The van der Waals surface area contributed by atoms with Crippen LogP contribution in [0.5, 0.6) is 0 Å². The number of carboxylic acids is 3. The summed E-state index contributed by atoms with van der Waals surface area (Å²) in [5.41, 5.74) is 0.998. The van der Waals surface area contributed by atoms with Crippen molar-refractivity contribution in [3.8, 4) is 0 Å². The Hall–Kier alpha value is -3.06. The average Bonchev–Trinajstić information content (AvgIpc) is 2.81. The van der Waals surface area contributed by atoms with Crippen LogP contribution in [0.2, 0.25) is 0 Å². The first-order chi connectivity index (χ1) is 17.2. The molecule has 200 valence electrons. The Bertz CT molecular complexity index is 869. The van der Waals surface area contributed by atoms with E-state index in [2.05, 4.69) is 0 Å². The minimum Gasteiger partial charge on any atom is -0.480 e. The quantitative estimate of drug-likeness (QED) is 0.341. The number of hydrogen-bond donors (Lipinski definition) is 3. The Morgan fingerprint density at radius 2 is 1.25 bits per heavy atom. The summed E-state index contributed by atoms with van der Waals surface area (Å²) < 4.78 is 4.85. The Morgan fingerprint density at radius 1 is 0.750 bits per heavy atom. The van der Waals surface area contributed by atoms with Gasteiger partial charge in [-0.25, -0.2) is 0 Å². The van der Waals surface area contributed by atoms with Gasteiger partial charge < -0.3 is 20.1 Å². The molecule has 36 heavy (non-hydrogen) atoms. The van der Waals surface area contributed by atoms with Crippen molar-refractivity contribution in [3.05, 3.63) is 35.9 Å². The Labute approximate surface area is 210 Å². The highest BCUT2D eigenvalue weighted by atomic mass is 16.5. The van der Waals surface area contributed by atoms with Gasteiger partial charge in [0.05, 0.1) is 33.3 Å². The fourth-order valence-electron chi connectivity index (χ4n) is 4.30. The molecule has 1 fully saturated rings. The zero-order valence-electron chi connectivity index (χ0n) is 20.6. The number of carbonyl (C=O) groups excluding carboxylic acids is 1. The molecule has 1 aromatic rings. The molecule has 1 heterocycles. The summed E-state index contributed by atoms with van der Waals surface area (Å²) in [6.45, 7) is 1.53. The van der Waals surface area contributed by atoms with E-state index in [1.807, 2.05) is 40.1 Å². The van der Waals surface area contributed by atoms with Crippen molar-refractivity contribution in [3.63, 3.8) is 0 Å². The highest BCUT2D eigenvalue weighted by molar-refractivity contribution is 5.71. The highest BCUT2D eigenvalue weighted by Crippen LogP contribution is 2.13. The lowest BCUT2D eigenvalue weighted by Gasteiger charge is -2.37. The predicted octanol–water partition coefficient (Wildman–Crippen LogP) is -0.754. The molecule has 0 bridgehead atoms. The van der Waals surface area contributed by atoms with Gasteiger partial charge in [-0.2, -0.15) is 0 Å². The molecule has 12 heteroatoms. The molecule has 1 aromatic carbocycles. The van der Waals surface area contributed by atoms with E-state index < -0.39 is 23.9 Å². The van der Waals surface area contributed by atoms with Crippen LogP contribution in [-0.2, 0) is 30.3 Å². The second-order valence-electron chi connectivity index (χ2n) is 8.86. The van der Waals surface area contributed by atoms with Crippen molar-refractivity contribution in [1.29, 1.82) is 0 Å². The monoisotopic (exact) mass is 508 g/mol. The lowest BCUT2D eigenvalue weighted by molar-refractivity contribution is -0.143. The van der Waals surface area contributed by atoms with Crippen molar-refractivity contribution >= 4 is 23.9 Å². The standard InChI is InChI=1S/C24H36N4O8/c1-36-24(35)18-27-10-9-25(15-21(29)30)7-8-26(16-22(31)32)11-12-28(17-23(33)34)20(14-27)13-19-5-3-2-4-6-19/h2-6,20H,7-18H2,1H3,(H,29,30)(H,31,32)(H,33,34). The maximum absolute atomic E-state index is 12.1. The third-order valence-electron chi connectivity index (χ3n) is 6.10. The third-order valence-corrected chi connectivity index (χ3v) is 6.10. The van der Waals surface area contributed by atoms with Crippen LogP contribution in [0.3, 0.4) is 0 Å². The molecular weight excluding hydrogens is 472 g/mol. The van der Waals surface area contributed by atoms with Crippen LogP contribution < -0.4 is 0 Å². The topological polar surface area (TPSA) is 151 Å². The molecule has 12 nitrogen and oxygen atoms in total. The van der Waals surface area contributed by atoms with Crippen molar-refractivity contribution in [2.45, 2.75) is 12.5 Å². The van der Waals surface area contributed by atoms with Gasteiger partial charge in [0, 0.05) is 51.9 Å². The van der Waals surface area contributed by atoms with Gasteiger partial charge in [-0.1, -0.05) is 30.3 Å². The summed E-state index contributed by atoms with van der Waals surface area (Å²) in [6.07, 6.45) is 0.517. The fourth-order valence-corrected chi connectivity index (χ4v) is 4.30. The minimum absolute atomic E-state index is 0.0191. The van der Waals surface area contributed by atoms with Gasteiger partial charge in [-0.15, -0.1) is 0 Å². The van der Waals surface area contributed by atoms with Crippen molar-refractivity contribution in [2.24, 2.45) is 0 Å². The van der Waals surface area contributed by atoms with Crippen LogP contribution in [-0.4, -0.2) is 144 Å². The molecule has 0 aromatic heterocycles. The summed E-state index contributed by atoms with van der Waals surface area (Å²) in [6, 6.07) is 9.29. The van der Waals surface area contributed by atoms with Crippen LogP contribution in [0.15, 0.2) is 30.3 Å². The minimum atomic E-state index is -1.01. The van der Waals surface area contributed by atoms with E-state index >= 15 is 0 Å². The molecule has 1 aliphatic rings. The molecule has 0 spiro atoms. The van der Waals surface area contributed by atoms with Crippen LogP contribution in [0.25, 0.3) is 0 Å². The van der Waals surface area contributed by atoms with Gasteiger partial charge in [0.2, 0.25) is 0 Å². The number of aliphatic carboxylic acids is 3. The fraction of sp³-hybridized carbons (Fsp3) is 0.583. The number of carbonyl (C=O) groups is 4. The first kappa shape index (κ1) is 29.2. The zero-order chi connectivity index (χ0) is 26.5. The maximum Gasteiger partial charge on any atom is 0.319 e. The van der Waals surface area contributed by atoms with E-state index in [-0.39, 0.29) is 32.2 Å². The number of nitrogens with zero attached hydrogens (tertiary/aromatic N) is 4. The van der Waals surface area contributed by atoms with Gasteiger partial charge in [-0.05, 0) is 12.0 Å². The first-order valence-corrected chi connectivity index (χ1v) is 11.8. The van der Waals surface area contributed by atoms with Crippen LogP contribution in [0, 0.1) is 0 Å². The van der Waals surface area contributed by atoms with Gasteiger partial charge in [-0.3, -0.25) is 38.8 Å². The Balaban J connectivity index is 2.38. The summed E-state index contributed by atoms with van der Waals surface area (Å²) >= 11 is 0. The third kappa shape index (κ3) is 11.1. The number of benzene rings is 1. The predicted molar refractivity (Wildman–Crippen MR) is 130 cm³/mol. The summed E-state index contributed by atoms with van der Waals surface area (Å²) in [5.74, 6) is -3.46. The molecule has 0 aliphatic carbocycles. The van der Waals surface area contributed by atoms with E-state index in [9.17, 15) is 34.5 Å². The van der Waals surface area contributed by atoms with Crippen molar-refractivity contribution < 1.29 is 39.2 Å². The molecule has 1 unspecified atom stereocenters. The first-order valence-electron chi connectivity index (χ1n) is 11.8. The number of rotatable bonds is 10. The Kier molecular flexibility index (Phi) is 12.3. The normalized spacial score (nSPS) is 19.6. The van der Waals surface area contributed by atoms with Crippen molar-refractivity contribution in [1.82, 2.24) is 19.6 Å². The van der Waals surface area contributed by atoms with E-state index in [1.54, 1.807) is 9.80 Å². The molecule has 2 rings (SSSR count). The number of ether oxygens (including phenoxy) is 1. The van der Waals surface area contributed by atoms with Crippen LogP contribution >= 0.6 is 0 Å². The van der Waals surface area contributed by atoms with E-state index in [0.29, 0.717) is 52.2 Å². The molecule has 0 radical (unpaired) electrons. The number of methoxy groups -OCH3 is 1. The Morgan fingerprint density at radius 3 is 1.75 bits per heavy atom. The zero-order valence-corrected chi connectivity index (χ0v) is 20.6. The second kappa shape index (κ2) is 15.1. The smallest absolute Gasteiger partial charge is 0.319 e. The lowest BCUT2D eigenvalue weighted by atomic mass is 10.0. The number of carboxylic acid groups (broad SMARTS) is 3. The summed E-state index contributed by atoms with van der Waals surface area (Å²) in [4.78, 5) is 53.8. The van der Waals surface area contributed by atoms with E-state index in [4.69, 9.17) is 4.74 Å². The van der Waals surface area contributed by atoms with E-state index in [1.165, 1.54) is 7.11 Å². The molecule has 1 saturated heterocycles. The second-order valence-corrected chi connectivity index (χ2v) is 8.86. The van der Waals surface area contributed by atoms with Gasteiger partial charge >= 0.3 is 23.9 Å². The van der Waals surface area contributed by atoms with Crippen LogP contribution in [0.1, 0.15) is 5.56 Å². The molecule has 1 aliphatic heterocycles. The van der Waals surface area contributed by atoms with E-state index in [0.717, 1.165) is 5.56 Å². The molecular formula is C24H36N4O8. The molecule has 3 N–H and O–H groups in total. The summed E-state index contributed by atoms with van der Waals surface area (Å²) in [7, 11) is 1.30. The molecule has 1 atom stereocenters.